The Hall–Kier alpha value is -2.38. The summed E-state index contributed by atoms with van der Waals surface area (Å²) in [5.74, 6) is 0.689. The number of rotatable bonds is 3. The molecule has 1 amide bonds. The quantitative estimate of drug-likeness (QED) is 0.936. The lowest BCUT2D eigenvalue weighted by molar-refractivity contribution is -0.138. The molecule has 5 nitrogen and oxygen atoms in total. The highest BCUT2D eigenvalue weighted by molar-refractivity contribution is 5.95. The van der Waals surface area contributed by atoms with Crippen molar-refractivity contribution in [2.75, 3.05) is 13.1 Å². The molecule has 0 saturated carbocycles. The molecule has 0 bridgehead atoms. The lowest BCUT2D eigenvalue weighted by Crippen LogP contribution is -2.39. The molecule has 0 aromatic carbocycles. The fraction of sp³-hybridized carbons (Fsp3) is 0.438. The molecule has 2 aromatic heterocycles. The minimum Gasteiger partial charge on any atom is -0.349 e. The maximum atomic E-state index is 13.0. The zero-order valence-electron chi connectivity index (χ0n) is 12.9. The van der Waals surface area contributed by atoms with Gasteiger partial charge in [-0.2, -0.15) is 13.2 Å². The van der Waals surface area contributed by atoms with Crippen LogP contribution in [0.3, 0.4) is 0 Å². The van der Waals surface area contributed by atoms with Crippen LogP contribution in [0.2, 0.25) is 0 Å². The number of imidazole rings is 1. The van der Waals surface area contributed by atoms with E-state index in [0.717, 1.165) is 31.2 Å². The Morgan fingerprint density at radius 3 is 2.67 bits per heavy atom. The van der Waals surface area contributed by atoms with Gasteiger partial charge in [-0.3, -0.25) is 9.78 Å². The Kier molecular flexibility index (Phi) is 4.55. The molecule has 1 fully saturated rings. The van der Waals surface area contributed by atoms with Gasteiger partial charge in [-0.25, -0.2) is 4.98 Å². The first-order valence-corrected chi connectivity index (χ1v) is 7.74. The zero-order valence-corrected chi connectivity index (χ0v) is 12.9. The molecule has 0 aliphatic carbocycles. The molecule has 0 spiro atoms. The smallest absolute Gasteiger partial charge is 0.349 e. The van der Waals surface area contributed by atoms with Crippen molar-refractivity contribution in [1.29, 1.82) is 0 Å². The first-order valence-electron chi connectivity index (χ1n) is 7.74. The van der Waals surface area contributed by atoms with E-state index in [1.165, 1.54) is 11.1 Å². The average Bonchev–Trinajstić information content (AvgIpc) is 3.07. The summed E-state index contributed by atoms with van der Waals surface area (Å²) in [6.07, 6.45) is 3.07. The number of carbonyl (C=O) groups excluding carboxylic acids is 1. The van der Waals surface area contributed by atoms with Crippen LogP contribution in [0, 0.1) is 5.92 Å². The second kappa shape index (κ2) is 6.62. The van der Waals surface area contributed by atoms with Gasteiger partial charge in [-0.15, -0.1) is 0 Å². The second-order valence-corrected chi connectivity index (χ2v) is 5.89. The number of amides is 1. The number of piperidine rings is 1. The van der Waals surface area contributed by atoms with E-state index in [2.05, 4.69) is 15.0 Å². The van der Waals surface area contributed by atoms with E-state index < -0.39 is 17.6 Å². The Bertz CT molecular complexity index is 692. The van der Waals surface area contributed by atoms with Gasteiger partial charge in [0.2, 0.25) is 0 Å². The van der Waals surface area contributed by atoms with E-state index in [-0.39, 0.29) is 5.56 Å². The van der Waals surface area contributed by atoms with Crippen molar-refractivity contribution in [2.24, 2.45) is 5.92 Å². The van der Waals surface area contributed by atoms with Crippen LogP contribution in [0.1, 0.15) is 34.6 Å². The molecule has 24 heavy (non-hydrogen) atoms. The largest absolute Gasteiger partial charge is 0.418 e. The molecule has 8 heteroatoms. The molecule has 1 aliphatic heterocycles. The summed E-state index contributed by atoms with van der Waals surface area (Å²) in [5, 5.41) is 0. The number of aromatic amines is 1. The fourth-order valence-corrected chi connectivity index (χ4v) is 3.00. The van der Waals surface area contributed by atoms with Crippen molar-refractivity contribution in [3.05, 3.63) is 47.8 Å². The van der Waals surface area contributed by atoms with Crippen LogP contribution in [0.25, 0.3) is 0 Å². The van der Waals surface area contributed by atoms with Crippen LogP contribution >= 0.6 is 0 Å². The summed E-state index contributed by atoms with van der Waals surface area (Å²) in [6.45, 7) is 0.896. The minimum atomic E-state index is -4.59. The summed E-state index contributed by atoms with van der Waals surface area (Å²) in [5.41, 5.74) is -1.31. The Morgan fingerprint density at radius 1 is 1.29 bits per heavy atom. The fourth-order valence-electron chi connectivity index (χ4n) is 3.00. The van der Waals surface area contributed by atoms with E-state index in [9.17, 15) is 18.0 Å². The number of nitrogens with zero attached hydrogens (tertiary/aromatic N) is 3. The van der Waals surface area contributed by atoms with E-state index in [1.807, 2.05) is 0 Å². The molecule has 1 aliphatic rings. The van der Waals surface area contributed by atoms with E-state index in [4.69, 9.17) is 0 Å². The third-order valence-corrected chi connectivity index (χ3v) is 4.30. The summed E-state index contributed by atoms with van der Waals surface area (Å²) < 4.78 is 39.1. The van der Waals surface area contributed by atoms with Gasteiger partial charge in [-0.1, -0.05) is 0 Å². The Labute approximate surface area is 136 Å². The summed E-state index contributed by atoms with van der Waals surface area (Å²) in [4.78, 5) is 24.7. The summed E-state index contributed by atoms with van der Waals surface area (Å²) in [7, 11) is 0. The van der Waals surface area contributed by atoms with Gasteiger partial charge in [0.25, 0.3) is 5.91 Å². The monoisotopic (exact) mass is 338 g/mol. The number of H-pyrrole nitrogens is 1. The standard InChI is InChI=1S/C16H17F3N4O/c17-16(18,19)13-10-20-4-1-12(13)15(24)23-7-2-11(3-8-23)9-14-21-5-6-22-14/h1,4-6,10-11H,2-3,7-9H2,(H,21,22). The molecule has 0 atom stereocenters. The van der Waals surface area contributed by atoms with Crippen molar-refractivity contribution in [1.82, 2.24) is 19.9 Å². The third-order valence-electron chi connectivity index (χ3n) is 4.30. The van der Waals surface area contributed by atoms with Crippen LogP contribution in [0.15, 0.2) is 30.9 Å². The summed E-state index contributed by atoms with van der Waals surface area (Å²) in [6, 6.07) is 1.14. The first kappa shape index (κ1) is 16.5. The maximum absolute atomic E-state index is 13.0. The Balaban J connectivity index is 1.66. The molecule has 3 heterocycles. The predicted octanol–water partition coefficient (Wildman–Crippen LogP) is 2.92. The van der Waals surface area contributed by atoms with Crippen molar-refractivity contribution in [3.63, 3.8) is 0 Å². The van der Waals surface area contributed by atoms with Crippen LogP contribution in [0.4, 0.5) is 13.2 Å². The van der Waals surface area contributed by atoms with Crippen LogP contribution in [-0.4, -0.2) is 38.8 Å². The van der Waals surface area contributed by atoms with Gasteiger partial charge in [0.05, 0.1) is 11.1 Å². The Morgan fingerprint density at radius 2 is 2.04 bits per heavy atom. The number of nitrogens with one attached hydrogen (secondary N) is 1. The van der Waals surface area contributed by atoms with E-state index in [0.29, 0.717) is 25.2 Å². The molecular formula is C16H17F3N4O. The molecule has 2 aromatic rings. The van der Waals surface area contributed by atoms with Crippen molar-refractivity contribution >= 4 is 5.91 Å². The van der Waals surface area contributed by atoms with Gasteiger partial charge in [-0.05, 0) is 24.8 Å². The SMILES string of the molecule is O=C(c1ccncc1C(F)(F)F)N1CCC(Cc2ncc[nH]2)CC1. The number of carbonyl (C=O) groups is 1. The van der Waals surface area contributed by atoms with Gasteiger partial charge >= 0.3 is 6.18 Å². The normalized spacial score (nSPS) is 16.4. The molecule has 3 rings (SSSR count). The van der Waals surface area contributed by atoms with Crippen LogP contribution < -0.4 is 0 Å². The highest BCUT2D eigenvalue weighted by atomic mass is 19.4. The molecular weight excluding hydrogens is 321 g/mol. The summed E-state index contributed by atoms with van der Waals surface area (Å²) >= 11 is 0. The molecule has 1 saturated heterocycles. The first-order chi connectivity index (χ1) is 11.4. The minimum absolute atomic E-state index is 0.331. The maximum Gasteiger partial charge on any atom is 0.418 e. The van der Waals surface area contributed by atoms with Gasteiger partial charge in [0, 0.05) is 44.3 Å². The third kappa shape index (κ3) is 3.58. The van der Waals surface area contributed by atoms with E-state index in [1.54, 1.807) is 12.4 Å². The van der Waals surface area contributed by atoms with Gasteiger partial charge in [0.1, 0.15) is 5.82 Å². The van der Waals surface area contributed by atoms with Gasteiger partial charge < -0.3 is 9.88 Å². The van der Waals surface area contributed by atoms with Crippen LogP contribution in [0.5, 0.6) is 0 Å². The molecule has 128 valence electrons. The highest BCUT2D eigenvalue weighted by Crippen LogP contribution is 2.32. The molecule has 0 unspecified atom stereocenters. The molecule has 1 N–H and O–H groups in total. The number of alkyl halides is 3. The molecule has 0 radical (unpaired) electrons. The number of hydrogen-bond acceptors (Lipinski definition) is 3. The predicted molar refractivity (Wildman–Crippen MR) is 80.2 cm³/mol. The van der Waals surface area contributed by atoms with Crippen molar-refractivity contribution in [2.45, 2.75) is 25.4 Å². The van der Waals surface area contributed by atoms with Crippen molar-refractivity contribution in [3.8, 4) is 0 Å². The number of hydrogen-bond donors (Lipinski definition) is 1. The van der Waals surface area contributed by atoms with E-state index >= 15 is 0 Å². The number of likely N-dealkylation sites (tertiary alicyclic amines) is 1. The van der Waals surface area contributed by atoms with Crippen molar-refractivity contribution < 1.29 is 18.0 Å². The topological polar surface area (TPSA) is 61.9 Å². The lowest BCUT2D eigenvalue weighted by atomic mass is 9.92. The lowest BCUT2D eigenvalue weighted by Gasteiger charge is -2.32. The number of aromatic nitrogens is 3. The number of halogens is 3. The second-order valence-electron chi connectivity index (χ2n) is 5.89. The average molecular weight is 338 g/mol. The van der Waals surface area contributed by atoms with Crippen LogP contribution in [-0.2, 0) is 12.6 Å². The van der Waals surface area contributed by atoms with Gasteiger partial charge in [0.15, 0.2) is 0 Å². The highest BCUT2D eigenvalue weighted by Gasteiger charge is 2.37. The zero-order chi connectivity index (χ0) is 17.2. The number of pyridine rings is 1.